The molecule has 92 valence electrons. The summed E-state index contributed by atoms with van der Waals surface area (Å²) in [4.78, 5) is 11.2. The highest BCUT2D eigenvalue weighted by molar-refractivity contribution is 7.33. The van der Waals surface area contributed by atoms with Gasteiger partial charge >= 0.3 is 14.2 Å². The highest BCUT2D eigenvalue weighted by Crippen LogP contribution is 2.29. The molecule has 0 aliphatic carbocycles. The van der Waals surface area contributed by atoms with Crippen LogP contribution in [0.3, 0.4) is 0 Å². The Hall–Kier alpha value is -1.45. The molecule has 6 heteroatoms. The summed E-state index contributed by atoms with van der Waals surface area (Å²) in [6.07, 6.45) is -0.915. The van der Waals surface area contributed by atoms with Gasteiger partial charge in [-0.3, -0.25) is 0 Å². The molecule has 0 aliphatic heterocycles. The zero-order chi connectivity index (χ0) is 12.7. The summed E-state index contributed by atoms with van der Waals surface area (Å²) in [5.41, 5.74) is 0. The van der Waals surface area contributed by atoms with Crippen LogP contribution in [0, 0.1) is 0 Å². The minimum Gasteiger partial charge on any atom is -0.464 e. The molecule has 0 fully saturated rings. The molecule has 0 saturated heterocycles. The van der Waals surface area contributed by atoms with Crippen LogP contribution in [0.15, 0.2) is 30.3 Å². The number of benzene rings is 1. The van der Waals surface area contributed by atoms with Crippen LogP contribution in [-0.4, -0.2) is 18.7 Å². The quantitative estimate of drug-likeness (QED) is 0.579. The Morgan fingerprint density at radius 3 is 2.59 bits per heavy atom. The predicted octanol–water partition coefficient (Wildman–Crippen LogP) is 2.69. The monoisotopic (exact) mass is 257 g/mol. The van der Waals surface area contributed by atoms with Gasteiger partial charge in [0.05, 0.1) is 6.61 Å². The van der Waals surface area contributed by atoms with Gasteiger partial charge in [0.2, 0.25) is 6.10 Å². The number of hydrogen-bond donors (Lipinski definition) is 0. The number of carbonyl (C=O) groups is 1. The summed E-state index contributed by atoms with van der Waals surface area (Å²) in [6, 6.07) is 8.58. The Balaban J connectivity index is 2.42. The fourth-order valence-electron chi connectivity index (χ4n) is 1.02. The number of para-hydroxylation sites is 1. The van der Waals surface area contributed by atoms with E-state index in [0.29, 0.717) is 5.75 Å². The van der Waals surface area contributed by atoms with Crippen molar-refractivity contribution < 1.29 is 23.1 Å². The molecular formula is C11H14O5P+. The number of ether oxygens (including phenoxy) is 1. The van der Waals surface area contributed by atoms with E-state index in [9.17, 15) is 9.36 Å². The lowest BCUT2D eigenvalue weighted by molar-refractivity contribution is -0.150. The molecule has 17 heavy (non-hydrogen) atoms. The molecule has 2 atom stereocenters. The highest BCUT2D eigenvalue weighted by Gasteiger charge is 2.31. The lowest BCUT2D eigenvalue weighted by Crippen LogP contribution is -2.21. The second-order valence-corrected chi connectivity index (χ2v) is 3.97. The molecule has 0 amide bonds. The van der Waals surface area contributed by atoms with E-state index >= 15 is 0 Å². The topological polar surface area (TPSA) is 61.8 Å². The highest BCUT2D eigenvalue weighted by atomic mass is 31.1. The lowest BCUT2D eigenvalue weighted by atomic mass is 10.3. The maximum absolute atomic E-state index is 11.4. The van der Waals surface area contributed by atoms with E-state index in [-0.39, 0.29) is 6.61 Å². The van der Waals surface area contributed by atoms with Gasteiger partial charge in [-0.1, -0.05) is 22.7 Å². The molecule has 0 N–H and O–H groups in total. The standard InChI is InChI=1S/C11H14O5P/c1-3-14-11(12)9(2)15-17(13)16-10-7-5-4-6-8-10/h4-9H,3H2,1-2H3/q+1. The molecule has 1 aromatic rings. The molecule has 0 radical (unpaired) electrons. The fourth-order valence-corrected chi connectivity index (χ4v) is 1.70. The van der Waals surface area contributed by atoms with Gasteiger partial charge in [0.25, 0.3) is 0 Å². The van der Waals surface area contributed by atoms with Crippen LogP contribution in [0.2, 0.25) is 0 Å². The first-order chi connectivity index (χ1) is 8.13. The van der Waals surface area contributed by atoms with Crippen molar-refractivity contribution in [2.75, 3.05) is 6.61 Å². The second-order valence-electron chi connectivity index (χ2n) is 3.13. The van der Waals surface area contributed by atoms with Crippen LogP contribution >= 0.6 is 8.25 Å². The van der Waals surface area contributed by atoms with E-state index in [0.717, 1.165) is 0 Å². The average Bonchev–Trinajstić information content (AvgIpc) is 2.30. The first kappa shape index (κ1) is 13.6. The van der Waals surface area contributed by atoms with Crippen molar-refractivity contribution in [1.82, 2.24) is 0 Å². The third kappa shape index (κ3) is 4.93. The largest absolute Gasteiger partial charge is 0.751 e. The van der Waals surface area contributed by atoms with Gasteiger partial charge < -0.3 is 4.74 Å². The van der Waals surface area contributed by atoms with Crippen LogP contribution in [0.4, 0.5) is 0 Å². The van der Waals surface area contributed by atoms with Gasteiger partial charge in [0.1, 0.15) is 0 Å². The number of esters is 1. The summed E-state index contributed by atoms with van der Waals surface area (Å²) in [7, 11) is -2.39. The van der Waals surface area contributed by atoms with Crippen LogP contribution in [0.25, 0.3) is 0 Å². The molecule has 0 saturated carbocycles. The molecule has 1 aromatic carbocycles. The van der Waals surface area contributed by atoms with Crippen molar-refractivity contribution in [3.05, 3.63) is 30.3 Å². The molecule has 2 unspecified atom stereocenters. The maximum Gasteiger partial charge on any atom is 0.751 e. The van der Waals surface area contributed by atoms with Gasteiger partial charge in [0.15, 0.2) is 5.75 Å². The van der Waals surface area contributed by atoms with Crippen molar-refractivity contribution in [2.24, 2.45) is 0 Å². The maximum atomic E-state index is 11.4. The Labute approximate surface area is 101 Å². The van der Waals surface area contributed by atoms with Crippen molar-refractivity contribution in [2.45, 2.75) is 20.0 Å². The predicted molar refractivity (Wildman–Crippen MR) is 61.9 cm³/mol. The van der Waals surface area contributed by atoms with Crippen molar-refractivity contribution in [1.29, 1.82) is 0 Å². The lowest BCUT2D eigenvalue weighted by Gasteiger charge is -2.03. The molecular weight excluding hydrogens is 243 g/mol. The molecule has 5 nitrogen and oxygen atoms in total. The summed E-state index contributed by atoms with van der Waals surface area (Å²) in [5, 5.41) is 0. The van der Waals surface area contributed by atoms with Gasteiger partial charge in [0, 0.05) is 4.57 Å². The van der Waals surface area contributed by atoms with Gasteiger partial charge in [-0.2, -0.15) is 0 Å². The van der Waals surface area contributed by atoms with Crippen molar-refractivity contribution in [3.63, 3.8) is 0 Å². The summed E-state index contributed by atoms with van der Waals surface area (Å²) in [5.74, 6) is -0.141. The minimum absolute atomic E-state index is 0.253. The second kappa shape index (κ2) is 6.99. The van der Waals surface area contributed by atoms with Crippen LogP contribution in [0.1, 0.15) is 13.8 Å². The van der Waals surface area contributed by atoms with Gasteiger partial charge in [-0.05, 0) is 26.0 Å². The van der Waals surface area contributed by atoms with E-state index in [2.05, 4.69) is 0 Å². The molecule has 0 bridgehead atoms. The fraction of sp³-hybridized carbons (Fsp3) is 0.364. The van der Waals surface area contributed by atoms with Gasteiger partial charge in [-0.15, -0.1) is 0 Å². The molecule has 0 aromatic heterocycles. The number of rotatable bonds is 6. The van der Waals surface area contributed by atoms with Crippen LogP contribution in [0.5, 0.6) is 5.75 Å². The first-order valence-electron chi connectivity index (χ1n) is 5.17. The molecule has 0 aliphatic rings. The Bertz CT molecular complexity index is 379. The van der Waals surface area contributed by atoms with Crippen LogP contribution in [-0.2, 0) is 18.6 Å². The van der Waals surface area contributed by atoms with Crippen LogP contribution < -0.4 is 4.52 Å². The Morgan fingerprint density at radius 2 is 2.00 bits per heavy atom. The number of carbonyl (C=O) groups excluding carboxylic acids is 1. The van der Waals surface area contributed by atoms with E-state index in [1.165, 1.54) is 6.92 Å². The summed E-state index contributed by atoms with van der Waals surface area (Å²) < 4.78 is 26.0. The molecule has 0 spiro atoms. The average molecular weight is 257 g/mol. The van der Waals surface area contributed by atoms with E-state index in [1.807, 2.05) is 6.07 Å². The zero-order valence-corrected chi connectivity index (χ0v) is 10.6. The van der Waals surface area contributed by atoms with Crippen molar-refractivity contribution >= 4 is 14.2 Å². The molecule has 1 rings (SSSR count). The van der Waals surface area contributed by atoms with E-state index < -0.39 is 20.3 Å². The van der Waals surface area contributed by atoms with Crippen molar-refractivity contribution in [3.8, 4) is 5.75 Å². The van der Waals surface area contributed by atoms with E-state index in [4.69, 9.17) is 13.8 Å². The Kier molecular flexibility index (Phi) is 5.60. The first-order valence-corrected chi connectivity index (χ1v) is 6.26. The minimum atomic E-state index is -2.39. The van der Waals surface area contributed by atoms with Gasteiger partial charge in [-0.25, -0.2) is 9.32 Å². The summed E-state index contributed by atoms with van der Waals surface area (Å²) >= 11 is 0. The smallest absolute Gasteiger partial charge is 0.464 e. The SMILES string of the molecule is CCOC(=O)C(C)O[P+](=O)Oc1ccccc1. The zero-order valence-electron chi connectivity index (χ0n) is 9.66. The number of hydrogen-bond acceptors (Lipinski definition) is 5. The molecule has 0 heterocycles. The summed E-state index contributed by atoms with van der Waals surface area (Å²) in [6.45, 7) is 3.40. The third-order valence-electron chi connectivity index (χ3n) is 1.79. The Morgan fingerprint density at radius 1 is 1.35 bits per heavy atom. The third-order valence-corrected chi connectivity index (χ3v) is 2.63. The normalized spacial score (nSPS) is 12.7. The van der Waals surface area contributed by atoms with E-state index in [1.54, 1.807) is 31.2 Å².